The van der Waals surface area contributed by atoms with Crippen molar-refractivity contribution in [3.05, 3.63) is 52.0 Å². The Morgan fingerprint density at radius 3 is 2.47 bits per heavy atom. The van der Waals surface area contributed by atoms with E-state index < -0.39 is 18.0 Å². The van der Waals surface area contributed by atoms with Gasteiger partial charge < -0.3 is 19.7 Å². The highest BCUT2D eigenvalue weighted by molar-refractivity contribution is 7.09. The van der Waals surface area contributed by atoms with E-state index in [1.807, 2.05) is 49.6 Å². The Morgan fingerprint density at radius 1 is 1.23 bits per heavy atom. The topological polar surface area (TPSA) is 88.6 Å². The van der Waals surface area contributed by atoms with Crippen LogP contribution in [0, 0.1) is 0 Å². The second-order valence-electron chi connectivity index (χ2n) is 6.69. The number of benzene rings is 1. The van der Waals surface area contributed by atoms with Crippen LogP contribution in [-0.4, -0.2) is 41.3 Å². The van der Waals surface area contributed by atoms with E-state index in [4.69, 9.17) is 4.74 Å². The molecule has 164 valence electrons. The van der Waals surface area contributed by atoms with Crippen molar-refractivity contribution in [1.29, 1.82) is 0 Å². The van der Waals surface area contributed by atoms with Crippen molar-refractivity contribution in [2.24, 2.45) is 0 Å². The first-order valence-electron chi connectivity index (χ1n) is 10.0. The first-order valence-corrected chi connectivity index (χ1v) is 10.9. The van der Waals surface area contributed by atoms with Crippen molar-refractivity contribution < 1.29 is 19.1 Å². The summed E-state index contributed by atoms with van der Waals surface area (Å²) in [5.41, 5.74) is 1.61. The number of ether oxygens (including phenoxy) is 1. The summed E-state index contributed by atoms with van der Waals surface area (Å²) < 4.78 is 5.23. The number of carbonyl (C=O) groups excluding carboxylic acids is 3. The molecule has 0 fully saturated rings. The third-order valence-electron chi connectivity index (χ3n) is 3.95. The molecule has 0 radical (unpaired) electrons. The van der Waals surface area contributed by atoms with Gasteiger partial charge in [-0.3, -0.25) is 0 Å². The van der Waals surface area contributed by atoms with E-state index in [9.17, 15) is 14.4 Å². The standard InChI is InChI=1S/C20H25N3O4S.C2H6/c1-14(2)18-21-16(13-28-18)11-23(3)20(26)22-17(9-10-24)19(25)27-12-15-7-5-4-6-8-15;1-2/h4-8,10,13-14,17H,9,11-12H2,1-3H3,(H,22,26);1-2H3. The fourth-order valence-electron chi connectivity index (χ4n) is 2.37. The van der Waals surface area contributed by atoms with Crippen molar-refractivity contribution in [3.8, 4) is 0 Å². The second kappa shape index (κ2) is 13.5. The second-order valence-corrected chi connectivity index (χ2v) is 7.58. The Labute approximate surface area is 182 Å². The number of urea groups is 1. The lowest BCUT2D eigenvalue weighted by molar-refractivity contribution is -0.148. The lowest BCUT2D eigenvalue weighted by Gasteiger charge is -2.21. The molecule has 8 heteroatoms. The number of aromatic nitrogens is 1. The molecule has 30 heavy (non-hydrogen) atoms. The molecule has 0 aliphatic rings. The van der Waals surface area contributed by atoms with Crippen LogP contribution in [0.1, 0.15) is 56.3 Å². The molecular weight excluding hydrogens is 402 g/mol. The Bertz CT molecular complexity index is 793. The van der Waals surface area contributed by atoms with E-state index in [1.54, 1.807) is 18.4 Å². The van der Waals surface area contributed by atoms with Crippen LogP contribution in [0.15, 0.2) is 35.7 Å². The van der Waals surface area contributed by atoms with E-state index in [0.717, 1.165) is 16.3 Å². The van der Waals surface area contributed by atoms with Gasteiger partial charge in [0.2, 0.25) is 0 Å². The van der Waals surface area contributed by atoms with E-state index >= 15 is 0 Å². The van der Waals surface area contributed by atoms with Crippen molar-refractivity contribution >= 4 is 29.6 Å². The Kier molecular flexibility index (Phi) is 11.4. The summed E-state index contributed by atoms with van der Waals surface area (Å²) in [4.78, 5) is 41.5. The number of esters is 1. The SMILES string of the molecule is CC.CC(C)c1nc(CN(C)C(=O)NC(CC=O)C(=O)OCc2ccccc2)cs1. The van der Waals surface area contributed by atoms with Crippen molar-refractivity contribution in [3.63, 3.8) is 0 Å². The summed E-state index contributed by atoms with van der Waals surface area (Å²) in [6.07, 6.45) is 0.436. The smallest absolute Gasteiger partial charge is 0.329 e. The predicted octanol–water partition coefficient (Wildman–Crippen LogP) is 4.14. The Balaban J connectivity index is 0.00000218. The number of aldehydes is 1. The van der Waals surface area contributed by atoms with Gasteiger partial charge in [0.1, 0.15) is 18.9 Å². The zero-order valence-electron chi connectivity index (χ0n) is 18.3. The molecule has 7 nitrogen and oxygen atoms in total. The molecule has 0 aliphatic carbocycles. The van der Waals surface area contributed by atoms with Crippen LogP contribution in [-0.2, 0) is 27.5 Å². The molecule has 0 saturated heterocycles. The van der Waals surface area contributed by atoms with Gasteiger partial charge in [0.05, 0.1) is 17.2 Å². The van der Waals surface area contributed by atoms with E-state index in [-0.39, 0.29) is 13.0 Å². The molecule has 1 heterocycles. The third kappa shape index (κ3) is 8.32. The van der Waals surface area contributed by atoms with Gasteiger partial charge >= 0.3 is 12.0 Å². The van der Waals surface area contributed by atoms with Gasteiger partial charge in [-0.25, -0.2) is 14.6 Å². The number of amides is 2. The number of carbonyl (C=O) groups is 3. The first-order chi connectivity index (χ1) is 14.4. The highest BCUT2D eigenvalue weighted by atomic mass is 32.1. The fourth-order valence-corrected chi connectivity index (χ4v) is 3.20. The van der Waals surface area contributed by atoms with Crippen LogP contribution in [0.5, 0.6) is 0 Å². The molecule has 1 N–H and O–H groups in total. The van der Waals surface area contributed by atoms with E-state index in [2.05, 4.69) is 24.1 Å². The van der Waals surface area contributed by atoms with Crippen LogP contribution in [0.25, 0.3) is 0 Å². The molecule has 0 saturated carbocycles. The molecule has 2 rings (SSSR count). The number of hydrogen-bond acceptors (Lipinski definition) is 6. The minimum Gasteiger partial charge on any atom is -0.459 e. The summed E-state index contributed by atoms with van der Waals surface area (Å²) >= 11 is 1.55. The number of nitrogens with one attached hydrogen (secondary N) is 1. The van der Waals surface area contributed by atoms with Crippen LogP contribution < -0.4 is 5.32 Å². The summed E-state index contributed by atoms with van der Waals surface area (Å²) in [5, 5.41) is 5.48. The van der Waals surface area contributed by atoms with Gasteiger partial charge in [0, 0.05) is 24.8 Å². The lowest BCUT2D eigenvalue weighted by atomic mass is 10.2. The molecule has 0 aliphatic heterocycles. The number of hydrogen-bond donors (Lipinski definition) is 1. The first kappa shape index (κ1) is 25.3. The zero-order valence-corrected chi connectivity index (χ0v) is 19.1. The Morgan fingerprint density at radius 2 is 1.90 bits per heavy atom. The van der Waals surface area contributed by atoms with Crippen LogP contribution >= 0.6 is 11.3 Å². The molecule has 1 aromatic carbocycles. The largest absolute Gasteiger partial charge is 0.459 e. The van der Waals surface area contributed by atoms with Crippen molar-refractivity contribution in [2.75, 3.05) is 7.05 Å². The highest BCUT2D eigenvalue weighted by Crippen LogP contribution is 2.19. The molecule has 1 atom stereocenters. The monoisotopic (exact) mass is 433 g/mol. The van der Waals surface area contributed by atoms with E-state index in [1.165, 1.54) is 4.90 Å². The molecule has 0 spiro atoms. The van der Waals surface area contributed by atoms with Gasteiger partial charge in [-0.15, -0.1) is 11.3 Å². The quantitative estimate of drug-likeness (QED) is 0.474. The summed E-state index contributed by atoms with van der Waals surface area (Å²) in [6, 6.07) is 7.70. The summed E-state index contributed by atoms with van der Waals surface area (Å²) in [5.74, 6) is -0.317. The zero-order chi connectivity index (χ0) is 22.5. The molecule has 1 aromatic heterocycles. The van der Waals surface area contributed by atoms with Crippen molar-refractivity contribution in [2.45, 2.75) is 59.2 Å². The van der Waals surface area contributed by atoms with E-state index in [0.29, 0.717) is 18.7 Å². The van der Waals surface area contributed by atoms with Gasteiger partial charge in [-0.05, 0) is 5.56 Å². The third-order valence-corrected chi connectivity index (χ3v) is 5.14. The molecular formula is C22H31N3O4S. The maximum Gasteiger partial charge on any atom is 0.329 e. The predicted molar refractivity (Wildman–Crippen MR) is 118 cm³/mol. The van der Waals surface area contributed by atoms with Crippen molar-refractivity contribution in [1.82, 2.24) is 15.2 Å². The minimum absolute atomic E-state index is 0.0809. The molecule has 2 aromatic rings. The summed E-state index contributed by atoms with van der Waals surface area (Å²) in [7, 11) is 1.61. The number of thiazole rings is 1. The average molecular weight is 434 g/mol. The van der Waals surface area contributed by atoms with Crippen LogP contribution in [0.3, 0.4) is 0 Å². The Hall–Kier alpha value is -2.74. The average Bonchev–Trinajstić information content (AvgIpc) is 3.22. The van der Waals surface area contributed by atoms with Gasteiger partial charge in [0.15, 0.2) is 0 Å². The maximum atomic E-state index is 12.4. The maximum absolute atomic E-state index is 12.4. The minimum atomic E-state index is -1.03. The highest BCUT2D eigenvalue weighted by Gasteiger charge is 2.24. The van der Waals surface area contributed by atoms with Crippen LogP contribution in [0.4, 0.5) is 4.79 Å². The normalized spacial score (nSPS) is 11.1. The van der Waals surface area contributed by atoms with Gasteiger partial charge in [-0.1, -0.05) is 58.0 Å². The summed E-state index contributed by atoms with van der Waals surface area (Å²) in [6.45, 7) is 8.51. The number of nitrogens with zero attached hydrogens (tertiary/aromatic N) is 2. The van der Waals surface area contributed by atoms with Crippen LogP contribution in [0.2, 0.25) is 0 Å². The van der Waals surface area contributed by atoms with Gasteiger partial charge in [-0.2, -0.15) is 0 Å². The van der Waals surface area contributed by atoms with Gasteiger partial charge in [0.25, 0.3) is 0 Å². The fraction of sp³-hybridized carbons (Fsp3) is 0.455. The number of rotatable bonds is 9. The molecule has 0 bridgehead atoms. The molecule has 2 amide bonds. The molecule has 1 unspecified atom stereocenters. The lowest BCUT2D eigenvalue weighted by Crippen LogP contribution is -2.47.